The van der Waals surface area contributed by atoms with Gasteiger partial charge in [-0.25, -0.2) is 0 Å². The molecule has 3 nitrogen and oxygen atoms in total. The third-order valence-corrected chi connectivity index (χ3v) is 5.16. The number of nitrogens with zero attached hydrogens (tertiary/aromatic N) is 1. The second-order valence-corrected chi connectivity index (χ2v) is 7.19. The van der Waals surface area contributed by atoms with Gasteiger partial charge in [0.25, 0.3) is 0 Å². The third-order valence-electron chi connectivity index (χ3n) is 5.16. The van der Waals surface area contributed by atoms with Gasteiger partial charge in [-0.2, -0.15) is 0 Å². The summed E-state index contributed by atoms with van der Waals surface area (Å²) < 4.78 is 0. The molecular weight excluding hydrogens is 308 g/mol. The Hall–Kier alpha value is -2.29. The van der Waals surface area contributed by atoms with Crippen molar-refractivity contribution < 1.29 is 4.79 Å². The Balaban J connectivity index is 1.46. The summed E-state index contributed by atoms with van der Waals surface area (Å²) in [6.07, 6.45) is 3.33. The molecule has 1 aliphatic heterocycles. The summed E-state index contributed by atoms with van der Waals surface area (Å²) in [6, 6.07) is 17.0. The van der Waals surface area contributed by atoms with Crippen molar-refractivity contribution in [3.8, 4) is 0 Å². The smallest absolute Gasteiger partial charge is 0.241 e. The largest absolute Gasteiger partial charge is 0.376 e. The highest BCUT2D eigenvalue weighted by Crippen LogP contribution is 2.22. The van der Waals surface area contributed by atoms with Crippen LogP contribution in [-0.2, 0) is 11.2 Å². The monoisotopic (exact) mass is 336 g/mol. The topological polar surface area (TPSA) is 32.3 Å². The molecule has 25 heavy (non-hydrogen) atoms. The van der Waals surface area contributed by atoms with Crippen LogP contribution < -0.4 is 5.32 Å². The molecule has 1 heterocycles. The van der Waals surface area contributed by atoms with Crippen LogP contribution in [0.4, 0.5) is 5.69 Å². The minimum atomic E-state index is 0.207. The van der Waals surface area contributed by atoms with Gasteiger partial charge in [0.05, 0.1) is 6.54 Å². The number of amides is 1. The molecule has 2 aromatic rings. The zero-order valence-electron chi connectivity index (χ0n) is 15.3. The van der Waals surface area contributed by atoms with E-state index in [1.165, 1.54) is 16.7 Å². The molecule has 0 radical (unpaired) electrons. The molecule has 2 aromatic carbocycles. The quantitative estimate of drug-likeness (QED) is 0.887. The lowest BCUT2D eigenvalue weighted by Crippen LogP contribution is -2.41. The number of piperidine rings is 1. The normalized spacial score (nSPS) is 15.2. The number of benzene rings is 2. The molecule has 1 saturated heterocycles. The van der Waals surface area contributed by atoms with E-state index in [-0.39, 0.29) is 5.91 Å². The van der Waals surface area contributed by atoms with E-state index in [1.54, 1.807) is 0 Å². The molecule has 0 aromatic heterocycles. The first-order chi connectivity index (χ1) is 12.1. The highest BCUT2D eigenvalue weighted by molar-refractivity contribution is 5.81. The summed E-state index contributed by atoms with van der Waals surface area (Å²) in [4.78, 5) is 14.5. The average molecular weight is 336 g/mol. The maximum atomic E-state index is 12.5. The van der Waals surface area contributed by atoms with Gasteiger partial charge in [-0.05, 0) is 61.8 Å². The van der Waals surface area contributed by atoms with Crippen LogP contribution in [0.15, 0.2) is 48.5 Å². The lowest BCUT2D eigenvalue weighted by Gasteiger charge is -2.32. The summed E-state index contributed by atoms with van der Waals surface area (Å²) in [5, 5.41) is 3.31. The van der Waals surface area contributed by atoms with Crippen molar-refractivity contribution in [2.75, 3.05) is 25.0 Å². The molecule has 1 amide bonds. The highest BCUT2D eigenvalue weighted by Gasteiger charge is 2.22. The van der Waals surface area contributed by atoms with Crippen LogP contribution in [0.1, 0.15) is 29.5 Å². The van der Waals surface area contributed by atoms with E-state index in [9.17, 15) is 4.79 Å². The first-order valence-corrected chi connectivity index (χ1v) is 9.24. The standard InChI is InChI=1S/C22H28N2O/c1-17-8-9-18(2)21(14-17)23-16-22(25)24-12-10-20(11-13-24)15-19-6-4-3-5-7-19/h3-9,14,20,23H,10-13,15-16H2,1-2H3. The van der Waals surface area contributed by atoms with E-state index < -0.39 is 0 Å². The van der Waals surface area contributed by atoms with E-state index >= 15 is 0 Å². The van der Waals surface area contributed by atoms with Gasteiger partial charge in [0.1, 0.15) is 0 Å². The fourth-order valence-corrected chi connectivity index (χ4v) is 3.54. The van der Waals surface area contributed by atoms with Gasteiger partial charge in [-0.3, -0.25) is 4.79 Å². The van der Waals surface area contributed by atoms with Crippen molar-refractivity contribution in [3.05, 3.63) is 65.2 Å². The Morgan fingerprint density at radius 3 is 2.52 bits per heavy atom. The molecule has 0 spiro atoms. The zero-order chi connectivity index (χ0) is 17.6. The van der Waals surface area contributed by atoms with Gasteiger partial charge in [0, 0.05) is 18.8 Å². The van der Waals surface area contributed by atoms with Crippen molar-refractivity contribution in [1.29, 1.82) is 0 Å². The molecule has 3 rings (SSSR count). The Morgan fingerprint density at radius 1 is 1.08 bits per heavy atom. The number of carbonyl (C=O) groups is 1. The molecule has 0 bridgehead atoms. The molecular formula is C22H28N2O. The minimum Gasteiger partial charge on any atom is -0.376 e. The molecule has 1 aliphatic rings. The van der Waals surface area contributed by atoms with Gasteiger partial charge >= 0.3 is 0 Å². The first kappa shape index (κ1) is 17.5. The van der Waals surface area contributed by atoms with E-state index in [2.05, 4.69) is 67.7 Å². The number of likely N-dealkylation sites (tertiary alicyclic amines) is 1. The number of anilines is 1. The van der Waals surface area contributed by atoms with Gasteiger partial charge < -0.3 is 10.2 Å². The highest BCUT2D eigenvalue weighted by atomic mass is 16.2. The number of rotatable bonds is 5. The average Bonchev–Trinajstić information content (AvgIpc) is 2.64. The third kappa shape index (κ3) is 4.85. The second kappa shape index (κ2) is 8.19. The lowest BCUT2D eigenvalue weighted by molar-refractivity contribution is -0.130. The van der Waals surface area contributed by atoms with Gasteiger partial charge in [-0.15, -0.1) is 0 Å². The van der Waals surface area contributed by atoms with Crippen LogP contribution >= 0.6 is 0 Å². The number of carbonyl (C=O) groups excluding carboxylic acids is 1. The Labute approximate surface area is 151 Å². The van der Waals surface area contributed by atoms with Crippen molar-refractivity contribution in [1.82, 2.24) is 4.90 Å². The van der Waals surface area contributed by atoms with Crippen LogP contribution in [0, 0.1) is 19.8 Å². The van der Waals surface area contributed by atoms with Gasteiger partial charge in [0.2, 0.25) is 5.91 Å². The van der Waals surface area contributed by atoms with Crippen molar-refractivity contribution in [2.45, 2.75) is 33.1 Å². The Bertz CT molecular complexity index is 703. The first-order valence-electron chi connectivity index (χ1n) is 9.24. The lowest BCUT2D eigenvalue weighted by atomic mass is 9.90. The molecule has 0 aliphatic carbocycles. The second-order valence-electron chi connectivity index (χ2n) is 7.19. The minimum absolute atomic E-state index is 0.207. The SMILES string of the molecule is Cc1ccc(C)c(NCC(=O)N2CCC(Cc3ccccc3)CC2)c1. The maximum absolute atomic E-state index is 12.5. The van der Waals surface area contributed by atoms with E-state index in [0.717, 1.165) is 38.0 Å². The van der Waals surface area contributed by atoms with Crippen molar-refractivity contribution >= 4 is 11.6 Å². The zero-order valence-corrected chi connectivity index (χ0v) is 15.3. The fraction of sp³-hybridized carbons (Fsp3) is 0.409. The predicted octanol–water partition coefficient (Wildman–Crippen LogP) is 4.20. The molecule has 3 heteroatoms. The van der Waals surface area contributed by atoms with Crippen molar-refractivity contribution in [3.63, 3.8) is 0 Å². The summed E-state index contributed by atoms with van der Waals surface area (Å²) in [6.45, 7) is 6.29. The van der Waals surface area contributed by atoms with E-state index in [1.807, 2.05) is 4.90 Å². The fourth-order valence-electron chi connectivity index (χ4n) is 3.54. The molecule has 0 saturated carbocycles. The molecule has 1 N–H and O–H groups in total. The Morgan fingerprint density at radius 2 is 1.80 bits per heavy atom. The van der Waals surface area contributed by atoms with Crippen LogP contribution in [-0.4, -0.2) is 30.4 Å². The number of nitrogens with one attached hydrogen (secondary N) is 1. The molecule has 1 fully saturated rings. The summed E-state index contributed by atoms with van der Waals surface area (Å²) >= 11 is 0. The summed E-state index contributed by atoms with van der Waals surface area (Å²) in [5.74, 6) is 0.900. The van der Waals surface area contributed by atoms with Crippen LogP contribution in [0.25, 0.3) is 0 Å². The number of aryl methyl sites for hydroxylation is 2. The maximum Gasteiger partial charge on any atom is 0.241 e. The van der Waals surface area contributed by atoms with Crippen LogP contribution in [0.3, 0.4) is 0 Å². The number of hydrogen-bond donors (Lipinski definition) is 1. The van der Waals surface area contributed by atoms with E-state index in [0.29, 0.717) is 12.5 Å². The molecule has 0 unspecified atom stereocenters. The molecule has 0 atom stereocenters. The van der Waals surface area contributed by atoms with Crippen molar-refractivity contribution in [2.24, 2.45) is 5.92 Å². The number of hydrogen-bond acceptors (Lipinski definition) is 2. The predicted molar refractivity (Wildman–Crippen MR) is 104 cm³/mol. The van der Waals surface area contributed by atoms with Crippen LogP contribution in [0.5, 0.6) is 0 Å². The van der Waals surface area contributed by atoms with Crippen LogP contribution in [0.2, 0.25) is 0 Å². The van der Waals surface area contributed by atoms with E-state index in [4.69, 9.17) is 0 Å². The summed E-state index contributed by atoms with van der Waals surface area (Å²) in [7, 11) is 0. The molecule has 132 valence electrons. The summed E-state index contributed by atoms with van der Waals surface area (Å²) in [5.41, 5.74) is 4.86. The Kier molecular flexibility index (Phi) is 5.75. The van der Waals surface area contributed by atoms with Gasteiger partial charge in [0.15, 0.2) is 0 Å². The van der Waals surface area contributed by atoms with Gasteiger partial charge in [-0.1, -0.05) is 42.5 Å².